The number of rotatable bonds is 7. The fraction of sp³-hybridized carbons (Fsp3) is 0.263. The summed E-state index contributed by atoms with van der Waals surface area (Å²) in [6.45, 7) is 3.56. The molecule has 2 amide bonds. The van der Waals surface area contributed by atoms with Crippen LogP contribution in [-0.2, 0) is 4.79 Å². The van der Waals surface area contributed by atoms with Crippen molar-refractivity contribution in [2.45, 2.75) is 19.9 Å². The van der Waals surface area contributed by atoms with Crippen LogP contribution in [0.3, 0.4) is 0 Å². The number of benzene rings is 2. The summed E-state index contributed by atoms with van der Waals surface area (Å²) in [7, 11) is 1.53. The van der Waals surface area contributed by atoms with E-state index in [1.54, 1.807) is 42.5 Å². The number of anilines is 1. The van der Waals surface area contributed by atoms with E-state index in [4.69, 9.17) is 9.47 Å². The molecule has 2 aromatic rings. The maximum atomic E-state index is 12.2. The van der Waals surface area contributed by atoms with Gasteiger partial charge in [-0.2, -0.15) is 0 Å². The summed E-state index contributed by atoms with van der Waals surface area (Å²) < 4.78 is 10.7. The maximum absolute atomic E-state index is 12.2. The molecule has 0 aliphatic rings. The highest BCUT2D eigenvalue weighted by Gasteiger charge is 2.14. The van der Waals surface area contributed by atoms with E-state index in [9.17, 15) is 9.59 Å². The summed E-state index contributed by atoms with van der Waals surface area (Å²) in [5.74, 6) is 0.422. The molecule has 0 heterocycles. The Kier molecular flexibility index (Phi) is 6.39. The van der Waals surface area contributed by atoms with Crippen LogP contribution in [0.2, 0.25) is 0 Å². The zero-order valence-electron chi connectivity index (χ0n) is 14.5. The summed E-state index contributed by atoms with van der Waals surface area (Å²) in [6.07, 6.45) is 0. The number of ether oxygens (including phenoxy) is 2. The van der Waals surface area contributed by atoms with E-state index >= 15 is 0 Å². The van der Waals surface area contributed by atoms with Gasteiger partial charge in [-0.15, -0.1) is 0 Å². The van der Waals surface area contributed by atoms with Crippen molar-refractivity contribution in [3.63, 3.8) is 0 Å². The van der Waals surface area contributed by atoms with Gasteiger partial charge in [-0.1, -0.05) is 24.3 Å². The Morgan fingerprint density at radius 1 is 1.00 bits per heavy atom. The topological polar surface area (TPSA) is 76.7 Å². The van der Waals surface area contributed by atoms with Gasteiger partial charge >= 0.3 is 0 Å². The van der Waals surface area contributed by atoms with Crippen LogP contribution < -0.4 is 20.1 Å². The maximum Gasteiger partial charge on any atom is 0.262 e. The smallest absolute Gasteiger partial charge is 0.262 e. The average molecular weight is 342 g/mol. The van der Waals surface area contributed by atoms with Gasteiger partial charge in [-0.25, -0.2) is 0 Å². The third-order valence-electron chi connectivity index (χ3n) is 3.29. The lowest BCUT2D eigenvalue weighted by molar-refractivity contribution is -0.118. The van der Waals surface area contributed by atoms with Crippen molar-refractivity contribution in [2.75, 3.05) is 19.0 Å². The fourth-order valence-electron chi connectivity index (χ4n) is 2.20. The van der Waals surface area contributed by atoms with E-state index in [0.29, 0.717) is 22.7 Å². The van der Waals surface area contributed by atoms with Crippen molar-refractivity contribution in [1.29, 1.82) is 0 Å². The van der Waals surface area contributed by atoms with Gasteiger partial charge < -0.3 is 20.1 Å². The standard InChI is InChI=1S/C19H22N2O4/c1-13(2)20-19(23)14-8-4-5-9-15(14)21-18(22)12-25-17-11-7-6-10-16(17)24-3/h4-11,13H,12H2,1-3H3,(H,20,23)(H,21,22). The van der Waals surface area contributed by atoms with Gasteiger partial charge in [-0.3, -0.25) is 9.59 Å². The zero-order valence-corrected chi connectivity index (χ0v) is 14.5. The van der Waals surface area contributed by atoms with Crippen LogP contribution in [0.15, 0.2) is 48.5 Å². The third kappa shape index (κ3) is 5.24. The van der Waals surface area contributed by atoms with Crippen molar-refractivity contribution in [3.05, 3.63) is 54.1 Å². The van der Waals surface area contributed by atoms with Gasteiger partial charge in [0.15, 0.2) is 18.1 Å². The number of amides is 2. The second-order valence-electron chi connectivity index (χ2n) is 5.66. The van der Waals surface area contributed by atoms with Crippen LogP contribution in [0.5, 0.6) is 11.5 Å². The van der Waals surface area contributed by atoms with E-state index < -0.39 is 0 Å². The second-order valence-corrected chi connectivity index (χ2v) is 5.66. The first-order chi connectivity index (χ1) is 12.0. The van der Waals surface area contributed by atoms with Gasteiger partial charge in [0.25, 0.3) is 11.8 Å². The Balaban J connectivity index is 2.02. The first-order valence-corrected chi connectivity index (χ1v) is 7.97. The molecule has 0 aromatic heterocycles. The van der Waals surface area contributed by atoms with Crippen molar-refractivity contribution in [1.82, 2.24) is 5.32 Å². The van der Waals surface area contributed by atoms with Crippen LogP contribution >= 0.6 is 0 Å². The zero-order chi connectivity index (χ0) is 18.2. The summed E-state index contributed by atoms with van der Waals surface area (Å²) in [4.78, 5) is 24.4. The molecule has 2 rings (SSSR count). The van der Waals surface area contributed by atoms with Crippen molar-refractivity contribution < 1.29 is 19.1 Å². The van der Waals surface area contributed by atoms with Gasteiger partial charge in [0.2, 0.25) is 0 Å². The summed E-state index contributed by atoms with van der Waals surface area (Å²) in [5.41, 5.74) is 0.844. The number of nitrogens with one attached hydrogen (secondary N) is 2. The average Bonchev–Trinajstić information content (AvgIpc) is 2.60. The number of carbonyl (C=O) groups excluding carboxylic acids is 2. The predicted octanol–water partition coefficient (Wildman–Crippen LogP) is 2.85. The van der Waals surface area contributed by atoms with Crippen LogP contribution in [0.1, 0.15) is 24.2 Å². The molecule has 6 heteroatoms. The molecule has 0 bridgehead atoms. The molecule has 0 atom stereocenters. The molecular weight excluding hydrogens is 320 g/mol. The van der Waals surface area contributed by atoms with E-state index in [-0.39, 0.29) is 24.5 Å². The lowest BCUT2D eigenvalue weighted by Gasteiger charge is -2.14. The van der Waals surface area contributed by atoms with Crippen molar-refractivity contribution in [3.8, 4) is 11.5 Å². The fourth-order valence-corrected chi connectivity index (χ4v) is 2.20. The minimum atomic E-state index is -0.365. The summed E-state index contributed by atoms with van der Waals surface area (Å²) in [5, 5.41) is 5.51. The van der Waals surface area contributed by atoms with Gasteiger partial charge in [-0.05, 0) is 38.1 Å². The van der Waals surface area contributed by atoms with Crippen LogP contribution in [-0.4, -0.2) is 31.6 Å². The Morgan fingerprint density at radius 2 is 1.64 bits per heavy atom. The second kappa shape index (κ2) is 8.73. The highest BCUT2D eigenvalue weighted by Crippen LogP contribution is 2.25. The Hall–Kier alpha value is -3.02. The molecule has 0 spiro atoms. The SMILES string of the molecule is COc1ccccc1OCC(=O)Nc1ccccc1C(=O)NC(C)C. The molecule has 0 fully saturated rings. The number of carbonyl (C=O) groups is 2. The van der Waals surface area contributed by atoms with E-state index in [1.807, 2.05) is 19.9 Å². The highest BCUT2D eigenvalue weighted by atomic mass is 16.5. The van der Waals surface area contributed by atoms with Crippen LogP contribution in [0.25, 0.3) is 0 Å². The number of para-hydroxylation sites is 3. The number of hydrogen-bond donors (Lipinski definition) is 2. The largest absolute Gasteiger partial charge is 0.493 e. The Labute approximate surface area is 147 Å². The molecule has 0 aliphatic heterocycles. The van der Waals surface area contributed by atoms with E-state index in [0.717, 1.165) is 0 Å². The molecule has 2 N–H and O–H groups in total. The minimum absolute atomic E-state index is 0.00476. The number of methoxy groups -OCH3 is 1. The minimum Gasteiger partial charge on any atom is -0.493 e. The van der Waals surface area contributed by atoms with Crippen molar-refractivity contribution in [2.24, 2.45) is 0 Å². The monoisotopic (exact) mass is 342 g/mol. The quantitative estimate of drug-likeness (QED) is 0.811. The first kappa shape index (κ1) is 18.3. The first-order valence-electron chi connectivity index (χ1n) is 7.97. The lowest BCUT2D eigenvalue weighted by atomic mass is 10.1. The van der Waals surface area contributed by atoms with Crippen LogP contribution in [0, 0.1) is 0 Å². The molecule has 0 saturated heterocycles. The van der Waals surface area contributed by atoms with Crippen molar-refractivity contribution >= 4 is 17.5 Å². The Bertz CT molecular complexity index is 744. The summed E-state index contributed by atoms with van der Waals surface area (Å²) in [6, 6.07) is 13.9. The Morgan fingerprint density at radius 3 is 2.32 bits per heavy atom. The molecule has 6 nitrogen and oxygen atoms in total. The van der Waals surface area contributed by atoms with Gasteiger partial charge in [0.05, 0.1) is 18.4 Å². The van der Waals surface area contributed by atoms with Crippen LogP contribution in [0.4, 0.5) is 5.69 Å². The predicted molar refractivity (Wildman–Crippen MR) is 96.2 cm³/mol. The third-order valence-corrected chi connectivity index (χ3v) is 3.29. The summed E-state index contributed by atoms with van der Waals surface area (Å²) >= 11 is 0. The molecular formula is C19H22N2O4. The highest BCUT2D eigenvalue weighted by molar-refractivity contribution is 6.04. The van der Waals surface area contributed by atoms with E-state index in [1.165, 1.54) is 7.11 Å². The lowest BCUT2D eigenvalue weighted by Crippen LogP contribution is -2.31. The molecule has 25 heavy (non-hydrogen) atoms. The molecule has 132 valence electrons. The molecule has 2 aromatic carbocycles. The number of hydrogen-bond acceptors (Lipinski definition) is 4. The molecule has 0 unspecified atom stereocenters. The molecule has 0 saturated carbocycles. The van der Waals surface area contributed by atoms with Gasteiger partial charge in [0.1, 0.15) is 0 Å². The molecule has 0 radical (unpaired) electrons. The molecule has 0 aliphatic carbocycles. The normalized spacial score (nSPS) is 10.2. The van der Waals surface area contributed by atoms with Gasteiger partial charge in [0, 0.05) is 6.04 Å². The van der Waals surface area contributed by atoms with E-state index in [2.05, 4.69) is 10.6 Å².